The number of carbonyl (C=O) groups excluding carboxylic acids is 4. The molecule has 2 aromatic carbocycles. The highest BCUT2D eigenvalue weighted by atomic mass is 35.5. The molecule has 1 aliphatic rings. The van der Waals surface area contributed by atoms with Crippen molar-refractivity contribution in [2.24, 2.45) is 0 Å². The van der Waals surface area contributed by atoms with E-state index in [-0.39, 0.29) is 17.4 Å². The third-order valence-corrected chi connectivity index (χ3v) is 6.26. The van der Waals surface area contributed by atoms with Gasteiger partial charge in [0.05, 0.1) is 5.02 Å². The van der Waals surface area contributed by atoms with E-state index in [1.54, 1.807) is 18.2 Å². The van der Waals surface area contributed by atoms with E-state index in [0.29, 0.717) is 5.82 Å². The zero-order valence-corrected chi connectivity index (χ0v) is 23.7. The normalized spacial score (nSPS) is 21.6. The summed E-state index contributed by atoms with van der Waals surface area (Å²) in [5.74, 6) is -2.21. The summed E-state index contributed by atoms with van der Waals surface area (Å²) < 4.78 is 33.3. The Morgan fingerprint density at radius 3 is 1.98 bits per heavy atom. The number of hydrogen-bond donors (Lipinski definition) is 1. The largest absolute Gasteiger partial charge is 0.463 e. The Hall–Kier alpha value is -4.56. The average molecular weight is 603 g/mol. The smallest absolute Gasteiger partial charge is 0.303 e. The first-order valence-electron chi connectivity index (χ1n) is 12.6. The number of nitrogens with zero attached hydrogens (tertiary/aromatic N) is 3. The van der Waals surface area contributed by atoms with Gasteiger partial charge < -0.3 is 28.4 Å². The van der Waals surface area contributed by atoms with Crippen LogP contribution in [-0.4, -0.2) is 81.8 Å². The van der Waals surface area contributed by atoms with Crippen LogP contribution >= 0.6 is 11.6 Å². The van der Waals surface area contributed by atoms with Crippen molar-refractivity contribution in [2.75, 3.05) is 6.61 Å². The van der Waals surface area contributed by atoms with E-state index in [0.717, 1.165) is 37.5 Å². The van der Waals surface area contributed by atoms with Crippen molar-refractivity contribution < 1.29 is 47.6 Å². The number of nitrogens with one attached hydrogen (secondary N) is 1. The maximum absolute atomic E-state index is 12.0. The van der Waals surface area contributed by atoms with Gasteiger partial charge in [-0.25, -0.2) is 5.10 Å². The van der Waals surface area contributed by atoms with Gasteiger partial charge in [-0.2, -0.15) is 0 Å². The van der Waals surface area contributed by atoms with E-state index in [2.05, 4.69) is 20.6 Å². The number of rotatable bonds is 9. The van der Waals surface area contributed by atoms with Gasteiger partial charge in [0.25, 0.3) is 0 Å². The molecular weight excluding hydrogens is 576 g/mol. The molecule has 0 unspecified atom stereocenters. The zero-order chi connectivity index (χ0) is 30.4. The molecule has 222 valence electrons. The third kappa shape index (κ3) is 7.59. The van der Waals surface area contributed by atoms with Gasteiger partial charge >= 0.3 is 23.9 Å². The monoisotopic (exact) mass is 602 g/mol. The van der Waals surface area contributed by atoms with E-state index < -0.39 is 54.6 Å². The lowest BCUT2D eigenvalue weighted by molar-refractivity contribution is -0.288. The maximum atomic E-state index is 12.0. The summed E-state index contributed by atoms with van der Waals surface area (Å²) in [7, 11) is 0. The highest BCUT2D eigenvalue weighted by Crippen LogP contribution is 2.35. The molecule has 2 heterocycles. The number of esters is 4. The Kier molecular flexibility index (Phi) is 9.70. The number of hydrogen-bond acceptors (Lipinski definition) is 13. The van der Waals surface area contributed by atoms with Gasteiger partial charge in [-0.1, -0.05) is 41.9 Å². The van der Waals surface area contributed by atoms with Crippen LogP contribution in [0.25, 0.3) is 22.5 Å². The number of ether oxygens (including phenoxy) is 6. The minimum Gasteiger partial charge on any atom is -0.463 e. The minimum absolute atomic E-state index is 0.144. The Bertz CT molecular complexity index is 1430. The molecule has 3 aromatic rings. The van der Waals surface area contributed by atoms with Crippen LogP contribution in [0.1, 0.15) is 27.7 Å². The van der Waals surface area contributed by atoms with Crippen molar-refractivity contribution in [3.05, 3.63) is 47.5 Å². The van der Waals surface area contributed by atoms with Gasteiger partial charge in [0, 0.05) is 33.3 Å². The number of H-pyrrole nitrogens is 1. The van der Waals surface area contributed by atoms with E-state index >= 15 is 0 Å². The number of benzene rings is 2. The first-order valence-corrected chi connectivity index (χ1v) is 13.0. The summed E-state index contributed by atoms with van der Waals surface area (Å²) in [6, 6.07) is 12.4. The summed E-state index contributed by atoms with van der Waals surface area (Å²) in [4.78, 5) is 47.5. The van der Waals surface area contributed by atoms with Crippen LogP contribution in [0.2, 0.25) is 5.02 Å². The summed E-state index contributed by atoms with van der Waals surface area (Å²) in [6.07, 6.45) is -6.63. The van der Waals surface area contributed by atoms with Crippen LogP contribution in [0.5, 0.6) is 5.75 Å². The lowest BCUT2D eigenvalue weighted by atomic mass is 9.98. The van der Waals surface area contributed by atoms with Gasteiger partial charge in [-0.15, -0.1) is 5.10 Å². The molecule has 0 saturated carbocycles. The second-order valence-corrected chi connectivity index (χ2v) is 9.57. The summed E-state index contributed by atoms with van der Waals surface area (Å²) >= 11 is 6.58. The second kappa shape index (κ2) is 13.4. The van der Waals surface area contributed by atoms with Crippen molar-refractivity contribution in [3.8, 4) is 28.3 Å². The SMILES string of the molecule is CC(=O)OC[C@H]1O[C@@H](Oc2ccc(-c3ccc(-c4nnn[nH]4)cc3)cc2Cl)[C@@H](OC(C)=O)[C@@H](OC(C)=O)[C@@H]1OC(C)=O. The number of carbonyl (C=O) groups is 4. The van der Waals surface area contributed by atoms with Crippen LogP contribution in [0.15, 0.2) is 42.5 Å². The van der Waals surface area contributed by atoms with Crippen molar-refractivity contribution in [2.45, 2.75) is 58.4 Å². The molecule has 4 rings (SSSR count). The molecule has 1 saturated heterocycles. The van der Waals surface area contributed by atoms with Crippen molar-refractivity contribution in [1.82, 2.24) is 20.6 Å². The lowest BCUT2D eigenvalue weighted by Crippen LogP contribution is -2.63. The van der Waals surface area contributed by atoms with E-state index in [1.165, 1.54) is 6.92 Å². The lowest BCUT2D eigenvalue weighted by Gasteiger charge is -2.44. The predicted molar refractivity (Wildman–Crippen MR) is 143 cm³/mol. The molecule has 1 aliphatic heterocycles. The number of tetrazole rings is 1. The molecule has 0 radical (unpaired) electrons. The first kappa shape index (κ1) is 30.4. The fraction of sp³-hybridized carbons (Fsp3) is 0.370. The highest BCUT2D eigenvalue weighted by molar-refractivity contribution is 6.32. The molecule has 5 atom stereocenters. The van der Waals surface area contributed by atoms with E-state index in [1.807, 2.05) is 24.3 Å². The van der Waals surface area contributed by atoms with Gasteiger partial charge in [0.1, 0.15) is 18.5 Å². The topological polar surface area (TPSA) is 178 Å². The predicted octanol–water partition coefficient (Wildman–Crippen LogP) is 2.65. The van der Waals surface area contributed by atoms with Crippen LogP contribution in [-0.2, 0) is 42.9 Å². The highest BCUT2D eigenvalue weighted by Gasteiger charge is 2.53. The molecule has 14 nitrogen and oxygen atoms in total. The number of halogens is 1. The molecule has 1 aromatic heterocycles. The second-order valence-electron chi connectivity index (χ2n) is 9.16. The standard InChI is InChI=1S/C27H27ClN4O10/c1-13(33)37-12-22-23(38-14(2)34)24(39-15(3)35)25(40-16(4)36)27(42-22)41-21-10-9-19(11-20(21)28)17-5-7-18(8-6-17)26-29-31-32-30-26/h5-11,22-25,27H,12H2,1-4H3,(H,29,30,31,32)/t22-,23-,24+,25+,27-/m1/s1. The van der Waals surface area contributed by atoms with Crippen molar-refractivity contribution >= 4 is 35.5 Å². The van der Waals surface area contributed by atoms with Crippen molar-refractivity contribution in [3.63, 3.8) is 0 Å². The average Bonchev–Trinajstić information content (AvgIpc) is 3.46. The van der Waals surface area contributed by atoms with Gasteiger partial charge in [-0.3, -0.25) is 19.2 Å². The molecule has 0 aliphatic carbocycles. The molecule has 15 heteroatoms. The van der Waals surface area contributed by atoms with Crippen LogP contribution in [0, 0.1) is 0 Å². The summed E-state index contributed by atoms with van der Waals surface area (Å²) in [5.41, 5.74) is 2.39. The zero-order valence-electron chi connectivity index (χ0n) is 22.9. The summed E-state index contributed by atoms with van der Waals surface area (Å²) in [6.45, 7) is 4.21. The molecule has 0 spiro atoms. The van der Waals surface area contributed by atoms with Crippen molar-refractivity contribution in [1.29, 1.82) is 0 Å². The van der Waals surface area contributed by atoms with Gasteiger partial charge in [0.15, 0.2) is 18.0 Å². The van der Waals surface area contributed by atoms with Crippen LogP contribution in [0.3, 0.4) is 0 Å². The Morgan fingerprint density at radius 1 is 0.810 bits per heavy atom. The van der Waals surface area contributed by atoms with Gasteiger partial charge in [-0.05, 0) is 33.7 Å². The van der Waals surface area contributed by atoms with Gasteiger partial charge in [0.2, 0.25) is 12.4 Å². The number of aromatic nitrogens is 4. The molecule has 0 bridgehead atoms. The third-order valence-electron chi connectivity index (χ3n) is 5.96. The Balaban J connectivity index is 1.63. The fourth-order valence-corrected chi connectivity index (χ4v) is 4.51. The van der Waals surface area contributed by atoms with Crippen LogP contribution < -0.4 is 4.74 Å². The quantitative estimate of drug-likeness (QED) is 0.279. The first-order chi connectivity index (χ1) is 20.0. The Morgan fingerprint density at radius 2 is 1.40 bits per heavy atom. The van der Waals surface area contributed by atoms with Crippen LogP contribution in [0.4, 0.5) is 0 Å². The molecule has 1 fully saturated rings. The van der Waals surface area contributed by atoms with E-state index in [9.17, 15) is 19.2 Å². The molecular formula is C27H27ClN4O10. The Labute approximate surface area is 244 Å². The maximum Gasteiger partial charge on any atom is 0.303 e. The minimum atomic E-state index is -1.41. The molecule has 1 N–H and O–H groups in total. The number of aromatic amines is 1. The summed E-state index contributed by atoms with van der Waals surface area (Å²) in [5, 5.41) is 13.9. The van der Waals surface area contributed by atoms with E-state index in [4.69, 9.17) is 40.0 Å². The molecule has 42 heavy (non-hydrogen) atoms. The fourth-order valence-electron chi connectivity index (χ4n) is 4.29. The molecule has 0 amide bonds.